The normalized spacial score (nSPS) is 20.0. The third-order valence-electron chi connectivity index (χ3n) is 6.29. The highest BCUT2D eigenvalue weighted by Crippen LogP contribution is 2.36. The van der Waals surface area contributed by atoms with Gasteiger partial charge in [0.05, 0.1) is 18.3 Å². The maximum absolute atomic E-state index is 14.4. The van der Waals surface area contributed by atoms with Crippen LogP contribution in [0.15, 0.2) is 36.8 Å². The minimum Gasteiger partial charge on any atom is -0.490 e. The minimum absolute atomic E-state index is 0.0604. The Bertz CT molecular complexity index is 1130. The highest BCUT2D eigenvalue weighted by Gasteiger charge is 2.28. The Labute approximate surface area is 190 Å². The first-order chi connectivity index (χ1) is 16.1. The molecule has 1 aromatic carbocycles. The first kappa shape index (κ1) is 21.6. The molecule has 1 fully saturated rings. The summed E-state index contributed by atoms with van der Waals surface area (Å²) < 4.78 is 39.9. The maximum atomic E-state index is 14.4. The topological polar surface area (TPSA) is 73.3 Å². The fraction of sp³-hybridized carbons (Fsp3) is 0.417. The van der Waals surface area contributed by atoms with E-state index >= 15 is 0 Å². The lowest BCUT2D eigenvalue weighted by atomic mass is 9.98. The third kappa shape index (κ3) is 4.50. The van der Waals surface area contributed by atoms with Crippen LogP contribution >= 0.6 is 0 Å². The van der Waals surface area contributed by atoms with Crippen molar-refractivity contribution >= 4 is 5.69 Å². The fourth-order valence-electron chi connectivity index (χ4n) is 4.41. The molecule has 5 rings (SSSR count). The molecule has 0 N–H and O–H groups in total. The van der Waals surface area contributed by atoms with Gasteiger partial charge in [0.2, 0.25) is 5.82 Å². The average molecular weight is 453 g/mol. The van der Waals surface area contributed by atoms with Gasteiger partial charge in [-0.3, -0.25) is 0 Å². The summed E-state index contributed by atoms with van der Waals surface area (Å²) in [5.74, 6) is -0.575. The molecule has 2 aliphatic heterocycles. The van der Waals surface area contributed by atoms with Gasteiger partial charge in [-0.05, 0) is 31.7 Å². The van der Waals surface area contributed by atoms with Crippen molar-refractivity contribution in [3.8, 4) is 17.4 Å². The van der Waals surface area contributed by atoms with Gasteiger partial charge in [0.15, 0.2) is 23.2 Å². The van der Waals surface area contributed by atoms with Crippen LogP contribution in [0, 0.1) is 17.6 Å². The lowest BCUT2D eigenvalue weighted by Gasteiger charge is -2.36. The number of rotatable bonds is 6. The van der Waals surface area contributed by atoms with Gasteiger partial charge >= 0.3 is 0 Å². The summed E-state index contributed by atoms with van der Waals surface area (Å²) >= 11 is 0. The van der Waals surface area contributed by atoms with Crippen molar-refractivity contribution in [3.05, 3.63) is 59.7 Å². The van der Waals surface area contributed by atoms with E-state index in [0.29, 0.717) is 49.4 Å². The molecule has 2 unspecified atom stereocenters. The molecule has 0 radical (unpaired) electrons. The Morgan fingerprint density at radius 1 is 1.15 bits per heavy atom. The van der Waals surface area contributed by atoms with Crippen molar-refractivity contribution in [2.24, 2.45) is 5.92 Å². The number of hydrogen-bond donors (Lipinski definition) is 0. The summed E-state index contributed by atoms with van der Waals surface area (Å²) in [5, 5.41) is 0. The second kappa shape index (κ2) is 9.35. The molecule has 172 valence electrons. The number of fused-ring (bicyclic) bond motifs is 1. The number of ether oxygens (including phenoxy) is 2. The predicted molar refractivity (Wildman–Crippen MR) is 118 cm³/mol. The summed E-state index contributed by atoms with van der Waals surface area (Å²) in [6.45, 7) is 4.38. The third-order valence-corrected chi connectivity index (χ3v) is 6.29. The smallest absolute Gasteiger partial charge is 0.200 e. The van der Waals surface area contributed by atoms with Crippen LogP contribution in [0.1, 0.15) is 37.1 Å². The van der Waals surface area contributed by atoms with Gasteiger partial charge in [-0.1, -0.05) is 0 Å². The summed E-state index contributed by atoms with van der Waals surface area (Å²) in [5.41, 5.74) is 2.42. The van der Waals surface area contributed by atoms with E-state index in [1.165, 1.54) is 6.07 Å². The molecule has 7 nitrogen and oxygen atoms in total. The Kier molecular flexibility index (Phi) is 6.13. The molecule has 0 saturated carbocycles. The molecule has 2 aromatic heterocycles. The molecule has 3 aromatic rings. The second-order valence-corrected chi connectivity index (χ2v) is 8.39. The quantitative estimate of drug-likeness (QED) is 0.555. The van der Waals surface area contributed by atoms with Gasteiger partial charge in [0, 0.05) is 68.2 Å². The van der Waals surface area contributed by atoms with E-state index in [2.05, 4.69) is 19.9 Å². The van der Waals surface area contributed by atoms with Gasteiger partial charge in [-0.2, -0.15) is 4.39 Å². The molecule has 1 saturated heterocycles. The lowest BCUT2D eigenvalue weighted by molar-refractivity contribution is 0.177. The number of benzene rings is 1. The van der Waals surface area contributed by atoms with E-state index in [1.54, 1.807) is 30.7 Å². The monoisotopic (exact) mass is 453 g/mol. The zero-order chi connectivity index (χ0) is 22.8. The van der Waals surface area contributed by atoms with Crippen LogP contribution in [0.4, 0.5) is 14.5 Å². The molecule has 2 atom stereocenters. The summed E-state index contributed by atoms with van der Waals surface area (Å²) in [4.78, 5) is 19.5. The van der Waals surface area contributed by atoms with Gasteiger partial charge in [0.25, 0.3) is 0 Å². The van der Waals surface area contributed by atoms with Crippen LogP contribution in [0.2, 0.25) is 0 Å². The molecule has 33 heavy (non-hydrogen) atoms. The largest absolute Gasteiger partial charge is 0.490 e. The fourth-order valence-corrected chi connectivity index (χ4v) is 4.41. The summed E-state index contributed by atoms with van der Waals surface area (Å²) in [6, 6.07) is 4.43. The molecular weight excluding hydrogens is 428 g/mol. The first-order valence-corrected chi connectivity index (χ1v) is 11.2. The van der Waals surface area contributed by atoms with Crippen LogP contribution < -0.4 is 9.64 Å². The number of nitrogens with zero attached hydrogens (tertiary/aromatic N) is 5. The van der Waals surface area contributed by atoms with E-state index < -0.39 is 11.6 Å². The molecule has 0 spiro atoms. The van der Waals surface area contributed by atoms with Crippen molar-refractivity contribution in [3.63, 3.8) is 0 Å². The Morgan fingerprint density at radius 2 is 2.00 bits per heavy atom. The predicted octanol–water partition coefficient (Wildman–Crippen LogP) is 4.14. The van der Waals surface area contributed by atoms with Crippen molar-refractivity contribution in [1.82, 2.24) is 19.9 Å². The van der Waals surface area contributed by atoms with Crippen LogP contribution in [0.3, 0.4) is 0 Å². The Balaban J connectivity index is 1.35. The van der Waals surface area contributed by atoms with E-state index in [4.69, 9.17) is 9.47 Å². The van der Waals surface area contributed by atoms with E-state index in [-0.39, 0.29) is 11.8 Å². The molecule has 0 aliphatic carbocycles. The van der Waals surface area contributed by atoms with Crippen LogP contribution in [-0.2, 0) is 11.2 Å². The van der Waals surface area contributed by atoms with Crippen LogP contribution in [0.5, 0.6) is 5.75 Å². The number of hydrogen-bond acceptors (Lipinski definition) is 7. The van der Waals surface area contributed by atoms with Crippen molar-refractivity contribution < 1.29 is 18.3 Å². The highest BCUT2D eigenvalue weighted by atomic mass is 19.2. The summed E-state index contributed by atoms with van der Waals surface area (Å²) in [6.07, 6.45) is 7.44. The zero-order valence-corrected chi connectivity index (χ0v) is 18.4. The minimum atomic E-state index is -0.956. The summed E-state index contributed by atoms with van der Waals surface area (Å²) in [7, 11) is 0. The molecule has 4 heterocycles. The van der Waals surface area contributed by atoms with Crippen molar-refractivity contribution in [1.29, 1.82) is 0 Å². The van der Waals surface area contributed by atoms with Gasteiger partial charge in [0.1, 0.15) is 0 Å². The first-order valence-electron chi connectivity index (χ1n) is 11.2. The Hall–Kier alpha value is -3.20. The number of anilines is 1. The maximum Gasteiger partial charge on any atom is 0.200 e. The molecule has 9 heteroatoms. The lowest BCUT2D eigenvalue weighted by Crippen LogP contribution is -2.35. The van der Waals surface area contributed by atoms with Crippen LogP contribution in [0.25, 0.3) is 11.6 Å². The standard InChI is InChI=1S/C24H25F2N5O2/c1-15-18-13-29-24(23-27-6-2-7-28-23)30-20(18)3-8-31(15)17-11-19(25)22(26)21(12-17)33-10-5-16-4-9-32-14-16/h2,6-7,11-13,15-16H,3-5,8-10,14H2,1H3. The van der Waals surface area contributed by atoms with Crippen LogP contribution in [-0.4, -0.2) is 46.3 Å². The SMILES string of the molecule is CC1c2cnc(-c3ncccn3)nc2CCN1c1cc(F)c(F)c(OCCC2CCOC2)c1. The Morgan fingerprint density at radius 3 is 2.79 bits per heavy atom. The molecule has 0 bridgehead atoms. The molecule has 0 amide bonds. The number of aromatic nitrogens is 4. The number of halogens is 2. The van der Waals surface area contributed by atoms with Gasteiger partial charge < -0.3 is 14.4 Å². The van der Waals surface area contributed by atoms with E-state index in [1.807, 2.05) is 11.8 Å². The second-order valence-electron chi connectivity index (χ2n) is 8.39. The molecular formula is C24H25F2N5O2. The molecule has 2 aliphatic rings. The van der Waals surface area contributed by atoms with E-state index in [9.17, 15) is 8.78 Å². The zero-order valence-electron chi connectivity index (χ0n) is 18.4. The van der Waals surface area contributed by atoms with Crippen molar-refractivity contribution in [2.45, 2.75) is 32.2 Å². The highest BCUT2D eigenvalue weighted by molar-refractivity contribution is 5.55. The van der Waals surface area contributed by atoms with Gasteiger partial charge in [-0.25, -0.2) is 24.3 Å². The van der Waals surface area contributed by atoms with Gasteiger partial charge in [-0.15, -0.1) is 0 Å². The van der Waals surface area contributed by atoms with Crippen molar-refractivity contribution in [2.75, 3.05) is 31.3 Å². The van der Waals surface area contributed by atoms with E-state index in [0.717, 1.165) is 30.7 Å². The average Bonchev–Trinajstić information content (AvgIpc) is 3.36.